The Morgan fingerprint density at radius 2 is 2.15 bits per heavy atom. The van der Waals surface area contributed by atoms with Crippen molar-refractivity contribution in [1.29, 1.82) is 0 Å². The van der Waals surface area contributed by atoms with Gasteiger partial charge in [-0.25, -0.2) is 4.68 Å². The molecule has 0 spiro atoms. The van der Waals surface area contributed by atoms with Crippen LogP contribution in [0.1, 0.15) is 29.4 Å². The van der Waals surface area contributed by atoms with Crippen molar-refractivity contribution in [1.82, 2.24) is 14.8 Å². The molecule has 0 saturated carbocycles. The maximum atomic E-state index is 12.4. The highest BCUT2D eigenvalue weighted by Gasteiger charge is 2.35. The van der Waals surface area contributed by atoms with Crippen molar-refractivity contribution < 1.29 is 19.1 Å². The maximum Gasteiger partial charge on any atom is 0.252 e. The Morgan fingerprint density at radius 3 is 2.89 bits per heavy atom. The van der Waals surface area contributed by atoms with E-state index in [-0.39, 0.29) is 24.8 Å². The van der Waals surface area contributed by atoms with Gasteiger partial charge in [0.2, 0.25) is 11.9 Å². The Labute approximate surface area is 157 Å². The summed E-state index contributed by atoms with van der Waals surface area (Å²) in [7, 11) is 1.59. The van der Waals surface area contributed by atoms with Crippen molar-refractivity contribution >= 4 is 23.5 Å². The van der Waals surface area contributed by atoms with Gasteiger partial charge < -0.3 is 14.8 Å². The number of benzene rings is 1. The molecular weight excluding hydrogens is 350 g/mol. The zero-order valence-corrected chi connectivity index (χ0v) is 15.6. The summed E-state index contributed by atoms with van der Waals surface area (Å²) in [5.74, 6) is 0.214. The van der Waals surface area contributed by atoms with Crippen LogP contribution in [0.5, 0.6) is 0 Å². The largest absolute Gasteiger partial charge is 0.382 e. The number of amides is 2. The number of hydrogen-bond acceptors (Lipinski definition) is 6. The third-order valence-electron chi connectivity index (χ3n) is 4.21. The highest BCUT2D eigenvalue weighted by atomic mass is 16.5. The molecule has 144 valence electrons. The maximum absolute atomic E-state index is 12.4. The molecule has 0 fully saturated rings. The molecule has 27 heavy (non-hydrogen) atoms. The molecule has 0 aliphatic carbocycles. The molecule has 9 heteroatoms. The first-order valence-corrected chi connectivity index (χ1v) is 8.68. The molecule has 1 aromatic heterocycles. The quantitative estimate of drug-likeness (QED) is 0.680. The molecule has 1 aliphatic heterocycles. The van der Waals surface area contributed by atoms with Crippen molar-refractivity contribution in [3.05, 3.63) is 35.2 Å². The van der Waals surface area contributed by atoms with Gasteiger partial charge in [0, 0.05) is 12.8 Å². The van der Waals surface area contributed by atoms with Crippen molar-refractivity contribution in [3.8, 4) is 0 Å². The molecule has 2 amide bonds. The van der Waals surface area contributed by atoms with Gasteiger partial charge in [-0.3, -0.25) is 14.9 Å². The van der Waals surface area contributed by atoms with Gasteiger partial charge in [-0.1, -0.05) is 17.7 Å². The summed E-state index contributed by atoms with van der Waals surface area (Å²) >= 11 is 0. The van der Waals surface area contributed by atoms with Crippen molar-refractivity contribution in [3.63, 3.8) is 0 Å². The fourth-order valence-electron chi connectivity index (χ4n) is 2.85. The lowest BCUT2D eigenvalue weighted by Crippen LogP contribution is -2.24. The second-order valence-corrected chi connectivity index (χ2v) is 6.42. The van der Waals surface area contributed by atoms with Gasteiger partial charge in [-0.2, -0.15) is 10.1 Å². The molecule has 2 N–H and O–H groups in total. The van der Waals surface area contributed by atoms with Crippen LogP contribution in [-0.4, -0.2) is 46.9 Å². The summed E-state index contributed by atoms with van der Waals surface area (Å²) in [6, 6.07) is 5.04. The third kappa shape index (κ3) is 4.50. The lowest BCUT2D eigenvalue weighted by atomic mass is 10.1. The lowest BCUT2D eigenvalue weighted by molar-refractivity contribution is -0.123. The molecule has 2 aromatic rings. The number of rotatable bonds is 8. The number of hydrogen-bond donors (Lipinski definition) is 2. The minimum atomic E-state index is -0.731. The summed E-state index contributed by atoms with van der Waals surface area (Å²) in [5, 5.41) is 9.79. The van der Waals surface area contributed by atoms with Crippen molar-refractivity contribution in [2.45, 2.75) is 32.9 Å². The number of carbonyl (C=O) groups excluding carboxylic acids is 2. The van der Waals surface area contributed by atoms with Gasteiger partial charge in [-0.15, -0.1) is 0 Å². The molecule has 1 atom stereocenters. The van der Waals surface area contributed by atoms with Gasteiger partial charge in [0.15, 0.2) is 5.82 Å². The average Bonchev–Trinajstić information content (AvgIpc) is 3.13. The van der Waals surface area contributed by atoms with E-state index < -0.39 is 6.04 Å². The van der Waals surface area contributed by atoms with Gasteiger partial charge in [0.1, 0.15) is 12.6 Å². The average molecular weight is 373 g/mol. The van der Waals surface area contributed by atoms with E-state index in [0.29, 0.717) is 25.0 Å². The monoisotopic (exact) mass is 373 g/mol. The van der Waals surface area contributed by atoms with E-state index >= 15 is 0 Å². The Morgan fingerprint density at radius 1 is 1.33 bits per heavy atom. The van der Waals surface area contributed by atoms with Crippen molar-refractivity contribution in [2.24, 2.45) is 0 Å². The van der Waals surface area contributed by atoms with Crippen LogP contribution in [0.3, 0.4) is 0 Å². The second-order valence-electron chi connectivity index (χ2n) is 6.42. The highest BCUT2D eigenvalue weighted by Crippen LogP contribution is 2.26. The van der Waals surface area contributed by atoms with Crippen LogP contribution in [0.15, 0.2) is 18.2 Å². The summed E-state index contributed by atoms with van der Waals surface area (Å²) in [5.41, 5.74) is 2.82. The van der Waals surface area contributed by atoms with E-state index in [1.165, 1.54) is 4.68 Å². The number of carbonyl (C=O) groups is 2. The number of nitrogens with one attached hydrogen (secondary N) is 2. The number of ether oxygens (including phenoxy) is 2. The Hall–Kier alpha value is -2.78. The van der Waals surface area contributed by atoms with E-state index in [2.05, 4.69) is 20.7 Å². The molecule has 0 radical (unpaired) electrons. The van der Waals surface area contributed by atoms with Crippen LogP contribution in [0.2, 0.25) is 0 Å². The van der Waals surface area contributed by atoms with E-state index in [9.17, 15) is 9.59 Å². The molecule has 1 aromatic carbocycles. The fourth-order valence-corrected chi connectivity index (χ4v) is 2.85. The summed E-state index contributed by atoms with van der Waals surface area (Å²) in [6.07, 6.45) is -0.0283. The number of anilines is 2. The molecule has 3 rings (SSSR count). The van der Waals surface area contributed by atoms with Gasteiger partial charge in [0.25, 0.3) is 5.91 Å². The van der Waals surface area contributed by atoms with Crippen LogP contribution >= 0.6 is 0 Å². The smallest absolute Gasteiger partial charge is 0.252 e. The topological polar surface area (TPSA) is 107 Å². The molecule has 9 nitrogen and oxygen atoms in total. The Balaban J connectivity index is 1.63. The van der Waals surface area contributed by atoms with Crippen LogP contribution in [0.25, 0.3) is 0 Å². The number of fused-ring (bicyclic) bond motifs is 1. The number of methoxy groups -OCH3 is 1. The first-order chi connectivity index (χ1) is 13.0. The molecule has 0 bridgehead atoms. The zero-order valence-electron chi connectivity index (χ0n) is 15.6. The summed E-state index contributed by atoms with van der Waals surface area (Å²) in [6.45, 7) is 5.03. The standard InChI is InChI=1S/C18H23N5O4/c1-11-4-5-13(12(2)8-11)19-16(24)9-14-17(25)21-18-20-15(22-23(14)18)10-27-7-6-26-3/h4-5,8,14H,6-7,9-10H2,1-3H3,(H,19,24)(H,20,21,22,25). The highest BCUT2D eigenvalue weighted by molar-refractivity contribution is 6.01. The first-order valence-electron chi connectivity index (χ1n) is 8.68. The summed E-state index contributed by atoms with van der Waals surface area (Å²) < 4.78 is 11.7. The van der Waals surface area contributed by atoms with Gasteiger partial charge in [0.05, 0.1) is 19.6 Å². The van der Waals surface area contributed by atoms with Crippen LogP contribution in [0.4, 0.5) is 11.6 Å². The molecular formula is C18H23N5O4. The van der Waals surface area contributed by atoms with Gasteiger partial charge >= 0.3 is 0 Å². The molecule has 1 unspecified atom stereocenters. The third-order valence-corrected chi connectivity index (χ3v) is 4.21. The first kappa shape index (κ1) is 19.0. The normalized spacial score (nSPS) is 15.5. The van der Waals surface area contributed by atoms with E-state index in [0.717, 1.165) is 16.8 Å². The van der Waals surface area contributed by atoms with Crippen LogP contribution in [0, 0.1) is 13.8 Å². The molecule has 0 saturated heterocycles. The zero-order chi connectivity index (χ0) is 19.4. The predicted molar refractivity (Wildman–Crippen MR) is 98.4 cm³/mol. The lowest BCUT2D eigenvalue weighted by Gasteiger charge is -2.12. The Kier molecular flexibility index (Phi) is 5.82. The number of nitrogens with zero attached hydrogens (tertiary/aromatic N) is 3. The SMILES string of the molecule is COCCOCc1nc2n(n1)C(CC(=O)Nc1ccc(C)cc1C)C(=O)N2. The minimum absolute atomic E-state index is 0.0283. The minimum Gasteiger partial charge on any atom is -0.382 e. The van der Waals surface area contributed by atoms with E-state index in [1.807, 2.05) is 32.0 Å². The molecule has 2 heterocycles. The summed E-state index contributed by atoms with van der Waals surface area (Å²) in [4.78, 5) is 28.8. The van der Waals surface area contributed by atoms with Crippen molar-refractivity contribution in [2.75, 3.05) is 31.0 Å². The Bertz CT molecular complexity index is 848. The number of aromatic nitrogens is 3. The fraction of sp³-hybridized carbons (Fsp3) is 0.444. The van der Waals surface area contributed by atoms with Crippen LogP contribution in [-0.2, 0) is 25.7 Å². The van der Waals surface area contributed by atoms with Crippen LogP contribution < -0.4 is 10.6 Å². The molecule has 1 aliphatic rings. The van der Waals surface area contributed by atoms with E-state index in [1.54, 1.807) is 7.11 Å². The second kappa shape index (κ2) is 8.28. The number of aryl methyl sites for hydroxylation is 2. The van der Waals surface area contributed by atoms with Gasteiger partial charge in [-0.05, 0) is 25.5 Å². The van der Waals surface area contributed by atoms with E-state index in [4.69, 9.17) is 9.47 Å². The predicted octanol–water partition coefficient (Wildman–Crippen LogP) is 1.58.